The minimum Gasteiger partial charge on any atom is -0.480 e. The average molecular weight is 480 g/mol. The van der Waals surface area contributed by atoms with Crippen LogP contribution in [-0.4, -0.2) is 137 Å². The molecule has 2 rings (SSSR count). The molecule has 0 bridgehead atoms. The molecule has 1 aliphatic rings. The van der Waals surface area contributed by atoms with E-state index in [2.05, 4.69) is 5.32 Å². The summed E-state index contributed by atoms with van der Waals surface area (Å²) in [5.41, 5.74) is 0.667. The Morgan fingerprint density at radius 1 is 0.588 bits per heavy atom. The van der Waals surface area contributed by atoms with Gasteiger partial charge in [0.25, 0.3) is 0 Å². The maximum Gasteiger partial charge on any atom is 0.317 e. The lowest BCUT2D eigenvalue weighted by molar-refractivity contribution is -0.140. The molecule has 0 saturated carbocycles. The van der Waals surface area contributed by atoms with Crippen molar-refractivity contribution in [3.05, 3.63) is 30.3 Å². The Morgan fingerprint density at radius 2 is 0.912 bits per heavy atom. The largest absolute Gasteiger partial charge is 0.480 e. The van der Waals surface area contributed by atoms with Gasteiger partial charge < -0.3 is 20.6 Å². The Kier molecular flexibility index (Phi) is 11.4. The number of anilines is 1. The number of carboxylic acids is 3. The van der Waals surface area contributed by atoms with Crippen LogP contribution in [0.3, 0.4) is 0 Å². The molecule has 0 aromatic heterocycles. The number of nitrogens with one attached hydrogen (secondary N) is 1. The second-order valence-corrected chi connectivity index (χ2v) is 8.20. The summed E-state index contributed by atoms with van der Waals surface area (Å²) < 4.78 is 0. The molecule has 1 heterocycles. The minimum atomic E-state index is -1.00. The fourth-order valence-corrected chi connectivity index (χ4v) is 3.71. The van der Waals surface area contributed by atoms with Crippen LogP contribution >= 0.6 is 0 Å². The molecule has 0 aliphatic carbocycles. The molecule has 0 radical (unpaired) electrons. The predicted octanol–water partition coefficient (Wildman–Crippen LogP) is -0.899. The van der Waals surface area contributed by atoms with E-state index in [9.17, 15) is 34.5 Å². The van der Waals surface area contributed by atoms with Crippen LogP contribution in [0.1, 0.15) is 0 Å². The van der Waals surface area contributed by atoms with E-state index in [1.54, 1.807) is 26.8 Å². The summed E-state index contributed by atoms with van der Waals surface area (Å²) in [6, 6.07) is 9.03. The van der Waals surface area contributed by atoms with Crippen molar-refractivity contribution in [2.24, 2.45) is 0 Å². The number of carbonyl (C=O) groups excluding carboxylic acids is 1. The number of carbonyl (C=O) groups is 4. The van der Waals surface area contributed by atoms with Crippen LogP contribution in [0.15, 0.2) is 30.3 Å². The van der Waals surface area contributed by atoms with E-state index in [1.165, 1.54) is 0 Å². The van der Waals surface area contributed by atoms with Gasteiger partial charge in [-0.1, -0.05) is 18.2 Å². The molecule has 4 N–H and O–H groups in total. The zero-order chi connectivity index (χ0) is 24.9. The molecular weight excluding hydrogens is 446 g/mol. The molecular formula is C22H33N5O7. The number of nitrogens with zero attached hydrogens (tertiary/aromatic N) is 4. The van der Waals surface area contributed by atoms with E-state index in [4.69, 9.17) is 0 Å². The van der Waals surface area contributed by atoms with Crippen molar-refractivity contribution in [1.82, 2.24) is 19.6 Å². The van der Waals surface area contributed by atoms with Crippen LogP contribution in [0.2, 0.25) is 0 Å². The summed E-state index contributed by atoms with van der Waals surface area (Å²) in [7, 11) is 0. The molecule has 0 atom stereocenters. The number of carboxylic acid groups (broad SMARTS) is 3. The highest BCUT2D eigenvalue weighted by Crippen LogP contribution is 2.06. The van der Waals surface area contributed by atoms with Crippen LogP contribution < -0.4 is 5.32 Å². The summed E-state index contributed by atoms with van der Waals surface area (Å²) in [5, 5.41) is 30.6. The van der Waals surface area contributed by atoms with Gasteiger partial charge in [0.1, 0.15) is 0 Å². The van der Waals surface area contributed by atoms with Gasteiger partial charge in [0.2, 0.25) is 5.91 Å². The summed E-state index contributed by atoms with van der Waals surface area (Å²) >= 11 is 0. The number of para-hydroxylation sites is 1. The number of rotatable bonds is 9. The van der Waals surface area contributed by atoms with Crippen LogP contribution in [0.4, 0.5) is 5.69 Å². The van der Waals surface area contributed by atoms with Gasteiger partial charge in [-0.2, -0.15) is 0 Å². The first-order chi connectivity index (χ1) is 16.2. The number of hydrogen-bond acceptors (Lipinski definition) is 8. The Labute approximate surface area is 198 Å². The lowest BCUT2D eigenvalue weighted by atomic mass is 10.3. The van der Waals surface area contributed by atoms with Gasteiger partial charge in [-0.25, -0.2) is 0 Å². The molecule has 1 amide bonds. The van der Waals surface area contributed by atoms with Crippen molar-refractivity contribution in [1.29, 1.82) is 0 Å². The van der Waals surface area contributed by atoms with E-state index in [1.807, 2.05) is 23.1 Å². The normalized spacial score (nSPS) is 17.9. The number of hydrogen-bond donors (Lipinski definition) is 4. The molecule has 1 aliphatic heterocycles. The van der Waals surface area contributed by atoms with Crippen molar-refractivity contribution < 1.29 is 34.5 Å². The predicted molar refractivity (Wildman–Crippen MR) is 124 cm³/mol. The first-order valence-electron chi connectivity index (χ1n) is 11.1. The van der Waals surface area contributed by atoms with Gasteiger partial charge >= 0.3 is 17.9 Å². The highest BCUT2D eigenvalue weighted by Gasteiger charge is 2.21. The van der Waals surface area contributed by atoms with Gasteiger partial charge in [0.15, 0.2) is 0 Å². The van der Waals surface area contributed by atoms with Crippen molar-refractivity contribution >= 4 is 29.5 Å². The van der Waals surface area contributed by atoms with Crippen molar-refractivity contribution in [2.45, 2.75) is 0 Å². The maximum atomic E-state index is 12.6. The van der Waals surface area contributed by atoms with Crippen molar-refractivity contribution in [3.63, 3.8) is 0 Å². The summed E-state index contributed by atoms with van der Waals surface area (Å²) in [6.07, 6.45) is 0. The van der Waals surface area contributed by atoms with Gasteiger partial charge in [0, 0.05) is 58.0 Å². The Balaban J connectivity index is 2.11. The fourth-order valence-electron chi connectivity index (χ4n) is 3.71. The average Bonchev–Trinajstić information content (AvgIpc) is 2.75. The first-order valence-corrected chi connectivity index (χ1v) is 11.1. The van der Waals surface area contributed by atoms with Crippen molar-refractivity contribution in [2.75, 3.05) is 83.9 Å². The fraction of sp³-hybridized carbons (Fsp3) is 0.545. The molecule has 12 heteroatoms. The second-order valence-electron chi connectivity index (χ2n) is 8.20. The lowest BCUT2D eigenvalue weighted by Crippen LogP contribution is -2.49. The van der Waals surface area contributed by atoms with E-state index in [0.29, 0.717) is 58.0 Å². The molecule has 188 valence electrons. The Hall–Kier alpha value is -3.06. The first kappa shape index (κ1) is 27.2. The maximum absolute atomic E-state index is 12.6. The zero-order valence-corrected chi connectivity index (χ0v) is 19.1. The topological polar surface area (TPSA) is 154 Å². The molecule has 1 fully saturated rings. The quantitative estimate of drug-likeness (QED) is 0.348. The number of benzene rings is 1. The SMILES string of the molecule is O=C(O)CN1CCN(CC(=O)O)CCN(CC(=O)Nc2ccccc2)CCN(CC(=O)O)CC1. The van der Waals surface area contributed by atoms with E-state index in [0.717, 1.165) is 0 Å². The Morgan fingerprint density at radius 3 is 1.24 bits per heavy atom. The lowest BCUT2D eigenvalue weighted by Gasteiger charge is -2.32. The van der Waals surface area contributed by atoms with Gasteiger partial charge in [-0.3, -0.25) is 38.8 Å². The van der Waals surface area contributed by atoms with E-state index in [-0.39, 0.29) is 32.1 Å². The molecule has 1 saturated heterocycles. The van der Waals surface area contributed by atoms with Crippen LogP contribution in [0.5, 0.6) is 0 Å². The van der Waals surface area contributed by atoms with Crippen LogP contribution in [0, 0.1) is 0 Å². The molecule has 0 spiro atoms. The third-order valence-corrected chi connectivity index (χ3v) is 5.43. The smallest absolute Gasteiger partial charge is 0.317 e. The highest BCUT2D eigenvalue weighted by atomic mass is 16.4. The minimum absolute atomic E-state index is 0.0713. The second kappa shape index (κ2) is 14.3. The Bertz CT molecular complexity index is 791. The van der Waals surface area contributed by atoms with Crippen LogP contribution in [0.25, 0.3) is 0 Å². The third kappa shape index (κ3) is 11.2. The monoisotopic (exact) mass is 479 g/mol. The summed E-state index contributed by atoms with van der Waals surface area (Å²) in [5.74, 6) is -3.20. The molecule has 0 unspecified atom stereocenters. The van der Waals surface area contributed by atoms with Crippen molar-refractivity contribution in [3.8, 4) is 0 Å². The van der Waals surface area contributed by atoms with Gasteiger partial charge in [0.05, 0.1) is 26.2 Å². The van der Waals surface area contributed by atoms with Crippen LogP contribution in [-0.2, 0) is 19.2 Å². The third-order valence-electron chi connectivity index (χ3n) is 5.43. The number of amides is 1. The molecule has 34 heavy (non-hydrogen) atoms. The van der Waals surface area contributed by atoms with Gasteiger partial charge in [-0.15, -0.1) is 0 Å². The highest BCUT2D eigenvalue weighted by molar-refractivity contribution is 5.92. The van der Waals surface area contributed by atoms with E-state index < -0.39 is 17.9 Å². The molecule has 1 aromatic rings. The van der Waals surface area contributed by atoms with E-state index >= 15 is 0 Å². The number of aliphatic carboxylic acids is 3. The standard InChI is InChI=1S/C22H33N5O7/c28-19(23-18-4-2-1-3-5-18)14-24-6-8-25(15-20(29)30)10-12-27(17-22(33)34)13-11-26(9-7-24)16-21(31)32/h1-5H,6-17H2,(H,23,28)(H,29,30)(H,31,32)(H,33,34). The molecule has 1 aromatic carbocycles. The summed E-state index contributed by atoms with van der Waals surface area (Å²) in [6.45, 7) is 2.32. The molecule has 12 nitrogen and oxygen atoms in total. The van der Waals surface area contributed by atoms with Gasteiger partial charge in [-0.05, 0) is 12.1 Å². The zero-order valence-electron chi connectivity index (χ0n) is 19.1. The summed E-state index contributed by atoms with van der Waals surface area (Å²) in [4.78, 5) is 53.5.